The number of urea groups is 1. The molecule has 1 atom stereocenters. The van der Waals surface area contributed by atoms with E-state index in [2.05, 4.69) is 15.3 Å². The van der Waals surface area contributed by atoms with Crippen LogP contribution < -0.4 is 5.32 Å². The number of benzene rings is 1. The molecule has 0 radical (unpaired) electrons. The van der Waals surface area contributed by atoms with Crippen LogP contribution in [0.4, 0.5) is 10.8 Å². The van der Waals surface area contributed by atoms with E-state index >= 15 is 0 Å². The Labute approximate surface area is 145 Å². The van der Waals surface area contributed by atoms with E-state index in [4.69, 9.17) is 8.83 Å². The summed E-state index contributed by atoms with van der Waals surface area (Å²) in [4.78, 5) is 23.0. The molecular weight excluding hydrogens is 320 g/mol. The second-order valence-electron chi connectivity index (χ2n) is 6.40. The monoisotopic (exact) mass is 340 g/mol. The van der Waals surface area contributed by atoms with Crippen LogP contribution in [-0.4, -0.2) is 34.0 Å². The highest BCUT2D eigenvalue weighted by Gasteiger charge is 2.28. The molecule has 1 fully saturated rings. The normalized spacial score (nSPS) is 17.8. The largest absolute Gasteiger partial charge is 0.440 e. The predicted octanol–water partition coefficient (Wildman–Crippen LogP) is 3.84. The van der Waals surface area contributed by atoms with E-state index in [-0.39, 0.29) is 18.0 Å². The fraction of sp³-hybridized carbons (Fsp3) is 0.389. The fourth-order valence-corrected chi connectivity index (χ4v) is 3.12. The van der Waals surface area contributed by atoms with Crippen molar-refractivity contribution in [1.82, 2.24) is 14.9 Å². The Balaban J connectivity index is 1.47. The fourth-order valence-electron chi connectivity index (χ4n) is 3.12. The SMILES string of the molecule is Cc1nc(NC(=O)N2CCC[C@H](c3nc4ccccc4o3)C2)oc1C. The number of oxazole rings is 2. The lowest BCUT2D eigenvalue weighted by Gasteiger charge is -2.30. The minimum absolute atomic E-state index is 0.0972. The summed E-state index contributed by atoms with van der Waals surface area (Å²) in [7, 11) is 0. The van der Waals surface area contributed by atoms with Gasteiger partial charge in [-0.25, -0.2) is 9.78 Å². The predicted molar refractivity (Wildman–Crippen MR) is 92.6 cm³/mol. The Hall–Kier alpha value is -2.83. The lowest BCUT2D eigenvalue weighted by molar-refractivity contribution is 0.187. The first kappa shape index (κ1) is 15.7. The summed E-state index contributed by atoms with van der Waals surface area (Å²) < 4.78 is 11.3. The molecule has 2 amide bonds. The summed E-state index contributed by atoms with van der Waals surface area (Å²) in [5.41, 5.74) is 2.41. The molecule has 0 bridgehead atoms. The van der Waals surface area contributed by atoms with Crippen LogP contribution in [0.3, 0.4) is 0 Å². The van der Waals surface area contributed by atoms with E-state index in [9.17, 15) is 4.79 Å². The number of fused-ring (bicyclic) bond motifs is 1. The minimum atomic E-state index is -0.206. The topological polar surface area (TPSA) is 84.4 Å². The molecule has 1 aliphatic heterocycles. The van der Waals surface area contributed by atoms with Crippen molar-refractivity contribution in [2.75, 3.05) is 18.4 Å². The number of likely N-dealkylation sites (tertiary alicyclic amines) is 1. The Bertz CT molecular complexity index is 862. The zero-order valence-electron chi connectivity index (χ0n) is 14.3. The number of amides is 2. The number of carbonyl (C=O) groups excluding carboxylic acids is 1. The summed E-state index contributed by atoms with van der Waals surface area (Å²) in [6.07, 6.45) is 1.86. The molecule has 0 unspecified atom stereocenters. The van der Waals surface area contributed by atoms with Gasteiger partial charge >= 0.3 is 12.0 Å². The van der Waals surface area contributed by atoms with Gasteiger partial charge in [0, 0.05) is 13.1 Å². The molecule has 2 aromatic heterocycles. The number of nitrogens with zero attached hydrogens (tertiary/aromatic N) is 3. The van der Waals surface area contributed by atoms with E-state index in [1.807, 2.05) is 38.1 Å². The first-order valence-corrected chi connectivity index (χ1v) is 8.45. The van der Waals surface area contributed by atoms with Crippen molar-refractivity contribution in [2.45, 2.75) is 32.6 Å². The number of carbonyl (C=O) groups is 1. The third-order valence-electron chi connectivity index (χ3n) is 4.61. The molecule has 0 saturated carbocycles. The zero-order valence-corrected chi connectivity index (χ0v) is 14.3. The second kappa shape index (κ2) is 6.23. The molecule has 7 nitrogen and oxygen atoms in total. The molecule has 1 saturated heterocycles. The number of hydrogen-bond acceptors (Lipinski definition) is 5. The average molecular weight is 340 g/mol. The summed E-state index contributed by atoms with van der Waals surface area (Å²) in [5.74, 6) is 1.50. The van der Waals surface area contributed by atoms with Crippen molar-refractivity contribution in [3.05, 3.63) is 41.6 Å². The van der Waals surface area contributed by atoms with Gasteiger partial charge in [-0.1, -0.05) is 12.1 Å². The quantitative estimate of drug-likeness (QED) is 0.766. The number of anilines is 1. The van der Waals surface area contributed by atoms with Crippen LogP contribution in [0.1, 0.15) is 36.1 Å². The highest BCUT2D eigenvalue weighted by molar-refractivity contribution is 5.87. The molecule has 7 heteroatoms. The first-order valence-electron chi connectivity index (χ1n) is 8.45. The van der Waals surface area contributed by atoms with E-state index < -0.39 is 0 Å². The van der Waals surface area contributed by atoms with Crippen LogP contribution in [0.2, 0.25) is 0 Å². The number of piperidine rings is 1. The summed E-state index contributed by atoms with van der Waals surface area (Å²) in [6.45, 7) is 4.93. The van der Waals surface area contributed by atoms with E-state index in [0.717, 1.165) is 29.6 Å². The number of hydrogen-bond donors (Lipinski definition) is 1. The Morgan fingerprint density at radius 1 is 1.24 bits per heavy atom. The smallest absolute Gasteiger partial charge is 0.325 e. The molecule has 0 aliphatic carbocycles. The maximum absolute atomic E-state index is 12.5. The third kappa shape index (κ3) is 3.09. The maximum atomic E-state index is 12.5. The van der Waals surface area contributed by atoms with E-state index in [1.54, 1.807) is 4.90 Å². The van der Waals surface area contributed by atoms with Gasteiger partial charge in [0.15, 0.2) is 11.5 Å². The number of para-hydroxylation sites is 2. The molecule has 3 heterocycles. The van der Waals surface area contributed by atoms with Gasteiger partial charge in [0.05, 0.1) is 11.6 Å². The third-order valence-corrected chi connectivity index (χ3v) is 4.61. The van der Waals surface area contributed by atoms with Gasteiger partial charge in [-0.05, 0) is 38.8 Å². The molecule has 0 spiro atoms. The van der Waals surface area contributed by atoms with Crippen molar-refractivity contribution in [3.8, 4) is 0 Å². The summed E-state index contributed by atoms with van der Waals surface area (Å²) in [5, 5.41) is 2.73. The van der Waals surface area contributed by atoms with Gasteiger partial charge in [-0.15, -0.1) is 0 Å². The highest BCUT2D eigenvalue weighted by atomic mass is 16.4. The van der Waals surface area contributed by atoms with Crippen LogP contribution in [0, 0.1) is 13.8 Å². The number of nitrogens with one attached hydrogen (secondary N) is 1. The van der Waals surface area contributed by atoms with Gasteiger partial charge in [0.25, 0.3) is 0 Å². The van der Waals surface area contributed by atoms with Crippen molar-refractivity contribution in [3.63, 3.8) is 0 Å². The lowest BCUT2D eigenvalue weighted by Crippen LogP contribution is -2.41. The standard InChI is InChI=1S/C18H20N4O3/c1-11-12(2)24-17(19-11)21-18(23)22-9-5-6-13(10-22)16-20-14-7-3-4-8-15(14)25-16/h3-4,7-8,13H,5-6,9-10H2,1-2H3,(H,19,21,23)/t13-/m0/s1. The molecule has 1 N–H and O–H groups in total. The molecule has 130 valence electrons. The van der Waals surface area contributed by atoms with Gasteiger partial charge in [-0.2, -0.15) is 4.98 Å². The van der Waals surface area contributed by atoms with Crippen molar-refractivity contribution < 1.29 is 13.6 Å². The highest BCUT2D eigenvalue weighted by Crippen LogP contribution is 2.29. The van der Waals surface area contributed by atoms with Crippen molar-refractivity contribution in [1.29, 1.82) is 0 Å². The van der Waals surface area contributed by atoms with Crippen molar-refractivity contribution in [2.24, 2.45) is 0 Å². The van der Waals surface area contributed by atoms with Gasteiger partial charge < -0.3 is 13.7 Å². The number of aromatic nitrogens is 2. The van der Waals surface area contributed by atoms with E-state index in [1.165, 1.54) is 0 Å². The molecule has 1 aromatic carbocycles. The second-order valence-corrected chi connectivity index (χ2v) is 6.40. The lowest BCUT2D eigenvalue weighted by atomic mass is 9.98. The molecular formula is C18H20N4O3. The van der Waals surface area contributed by atoms with E-state index in [0.29, 0.717) is 24.7 Å². The molecule has 3 aromatic rings. The Morgan fingerprint density at radius 3 is 2.84 bits per heavy atom. The van der Waals surface area contributed by atoms with Gasteiger partial charge in [0.2, 0.25) is 0 Å². The summed E-state index contributed by atoms with van der Waals surface area (Å²) >= 11 is 0. The molecule has 1 aliphatic rings. The van der Waals surface area contributed by atoms with Crippen LogP contribution >= 0.6 is 0 Å². The Kier molecular flexibility index (Phi) is 3.91. The Morgan fingerprint density at radius 2 is 2.08 bits per heavy atom. The maximum Gasteiger partial charge on any atom is 0.325 e. The zero-order chi connectivity index (χ0) is 17.4. The van der Waals surface area contributed by atoms with Gasteiger partial charge in [0.1, 0.15) is 11.3 Å². The van der Waals surface area contributed by atoms with Crippen LogP contribution in [0.15, 0.2) is 33.1 Å². The van der Waals surface area contributed by atoms with Crippen molar-refractivity contribution >= 4 is 23.1 Å². The average Bonchev–Trinajstić information content (AvgIpc) is 3.18. The summed E-state index contributed by atoms with van der Waals surface area (Å²) in [6, 6.07) is 7.74. The molecule has 25 heavy (non-hydrogen) atoms. The van der Waals surface area contributed by atoms with Crippen LogP contribution in [0.25, 0.3) is 11.1 Å². The van der Waals surface area contributed by atoms with Crippen LogP contribution in [0.5, 0.6) is 0 Å². The van der Waals surface area contributed by atoms with Crippen LogP contribution in [-0.2, 0) is 0 Å². The van der Waals surface area contributed by atoms with Gasteiger partial charge in [-0.3, -0.25) is 5.32 Å². The first-order chi connectivity index (χ1) is 12.1. The minimum Gasteiger partial charge on any atom is -0.440 e. The number of rotatable bonds is 2. The number of aryl methyl sites for hydroxylation is 2. The molecule has 4 rings (SSSR count).